The summed E-state index contributed by atoms with van der Waals surface area (Å²) in [5.41, 5.74) is 2.76. The van der Waals surface area contributed by atoms with E-state index < -0.39 is 18.1 Å². The van der Waals surface area contributed by atoms with Crippen LogP contribution in [0.1, 0.15) is 11.1 Å². The van der Waals surface area contributed by atoms with Crippen LogP contribution in [-0.4, -0.2) is 34.9 Å². The highest BCUT2D eigenvalue weighted by molar-refractivity contribution is 5.89. The zero-order chi connectivity index (χ0) is 13.7. The van der Waals surface area contributed by atoms with E-state index in [2.05, 4.69) is 10.6 Å². The second kappa shape index (κ2) is 6.02. The van der Waals surface area contributed by atoms with Gasteiger partial charge in [-0.25, -0.2) is 9.59 Å². The number of aliphatic hydroxyl groups is 1. The Hall–Kier alpha value is -2.08. The van der Waals surface area contributed by atoms with Gasteiger partial charge in [0.2, 0.25) is 0 Å². The number of carboxylic acids is 1. The Labute approximate surface area is 105 Å². The fourth-order valence-corrected chi connectivity index (χ4v) is 1.27. The number of nitrogens with one attached hydrogen (secondary N) is 2. The maximum Gasteiger partial charge on any atom is 0.334 e. The number of amides is 2. The molecule has 4 N–H and O–H groups in total. The van der Waals surface area contributed by atoms with Crippen molar-refractivity contribution in [1.29, 1.82) is 0 Å². The van der Waals surface area contributed by atoms with Crippen molar-refractivity contribution in [2.75, 3.05) is 11.9 Å². The molecule has 98 valence electrons. The first-order valence-corrected chi connectivity index (χ1v) is 5.43. The lowest BCUT2D eigenvalue weighted by atomic mass is 10.1. The summed E-state index contributed by atoms with van der Waals surface area (Å²) in [6, 6.07) is 4.87. The second-order valence-electron chi connectivity index (χ2n) is 3.99. The van der Waals surface area contributed by atoms with E-state index in [1.54, 1.807) is 6.07 Å². The van der Waals surface area contributed by atoms with Crippen LogP contribution >= 0.6 is 0 Å². The molecule has 0 spiro atoms. The molecule has 0 saturated carbocycles. The molecule has 0 fully saturated rings. The molecule has 0 radical (unpaired) electrons. The maximum absolute atomic E-state index is 11.4. The fraction of sp³-hybridized carbons (Fsp3) is 0.333. The summed E-state index contributed by atoms with van der Waals surface area (Å²) >= 11 is 0. The summed E-state index contributed by atoms with van der Waals surface area (Å²) < 4.78 is 0. The fourth-order valence-electron chi connectivity index (χ4n) is 1.27. The van der Waals surface area contributed by atoms with Gasteiger partial charge in [-0.3, -0.25) is 0 Å². The van der Waals surface area contributed by atoms with Crippen molar-refractivity contribution in [2.45, 2.75) is 20.0 Å². The van der Waals surface area contributed by atoms with Crippen LogP contribution in [-0.2, 0) is 4.79 Å². The number of urea groups is 1. The van der Waals surface area contributed by atoms with Crippen LogP contribution in [0.5, 0.6) is 0 Å². The van der Waals surface area contributed by atoms with Crippen LogP contribution in [0.3, 0.4) is 0 Å². The van der Waals surface area contributed by atoms with Crippen LogP contribution in [0.15, 0.2) is 18.2 Å². The zero-order valence-electron chi connectivity index (χ0n) is 10.2. The third kappa shape index (κ3) is 4.06. The average Bonchev–Trinajstić information content (AvgIpc) is 2.30. The molecule has 1 aromatic rings. The first-order chi connectivity index (χ1) is 8.40. The van der Waals surface area contributed by atoms with Gasteiger partial charge in [0, 0.05) is 5.69 Å². The van der Waals surface area contributed by atoms with Gasteiger partial charge in [0.25, 0.3) is 0 Å². The number of carbonyl (C=O) groups excluding carboxylic acids is 1. The lowest BCUT2D eigenvalue weighted by Crippen LogP contribution is -2.38. The third-order valence-electron chi connectivity index (χ3n) is 2.51. The summed E-state index contributed by atoms with van der Waals surface area (Å²) in [4.78, 5) is 21.7. The van der Waals surface area contributed by atoms with E-state index in [1.165, 1.54) is 0 Å². The molecule has 0 aromatic heterocycles. The van der Waals surface area contributed by atoms with Gasteiger partial charge in [0.1, 0.15) is 0 Å². The van der Waals surface area contributed by atoms with Crippen LogP contribution in [0.2, 0.25) is 0 Å². The smallest absolute Gasteiger partial charge is 0.334 e. The van der Waals surface area contributed by atoms with Gasteiger partial charge >= 0.3 is 12.0 Å². The third-order valence-corrected chi connectivity index (χ3v) is 2.51. The molecule has 0 aliphatic heterocycles. The molecular weight excluding hydrogens is 236 g/mol. The Kier molecular flexibility index (Phi) is 4.67. The number of hydrogen-bond donors (Lipinski definition) is 4. The lowest BCUT2D eigenvalue weighted by Gasteiger charge is -2.10. The van der Waals surface area contributed by atoms with Crippen LogP contribution in [0.25, 0.3) is 0 Å². The number of rotatable bonds is 4. The molecule has 1 aromatic carbocycles. The molecule has 0 aliphatic carbocycles. The summed E-state index contributed by atoms with van der Waals surface area (Å²) in [5.74, 6) is -1.37. The van der Waals surface area contributed by atoms with E-state index in [-0.39, 0.29) is 6.54 Å². The molecule has 6 nitrogen and oxygen atoms in total. The van der Waals surface area contributed by atoms with Gasteiger partial charge in [-0.1, -0.05) is 6.07 Å². The maximum atomic E-state index is 11.4. The summed E-state index contributed by atoms with van der Waals surface area (Å²) in [6.07, 6.45) is -1.60. The minimum absolute atomic E-state index is 0.341. The summed E-state index contributed by atoms with van der Waals surface area (Å²) in [7, 11) is 0. The number of aliphatic carboxylic acids is 1. The van der Waals surface area contributed by atoms with Gasteiger partial charge in [-0.05, 0) is 37.1 Å². The Morgan fingerprint density at radius 2 is 1.94 bits per heavy atom. The first-order valence-electron chi connectivity index (χ1n) is 5.43. The standard InChI is InChI=1S/C12H16N2O4/c1-7-3-4-9(5-8(7)2)14-12(18)13-6-10(15)11(16)17/h3-5,10,15H,6H2,1-2H3,(H,16,17)(H2,13,14,18). The van der Waals surface area contributed by atoms with E-state index in [0.717, 1.165) is 11.1 Å². The summed E-state index contributed by atoms with van der Waals surface area (Å²) in [6.45, 7) is 3.54. The number of aryl methyl sites for hydroxylation is 2. The van der Waals surface area contributed by atoms with Gasteiger partial charge < -0.3 is 20.8 Å². The van der Waals surface area contributed by atoms with Gasteiger partial charge in [-0.2, -0.15) is 0 Å². The predicted octanol–water partition coefficient (Wildman–Crippen LogP) is 0.870. The SMILES string of the molecule is Cc1ccc(NC(=O)NCC(O)C(=O)O)cc1C. The first kappa shape index (κ1) is 14.0. The highest BCUT2D eigenvalue weighted by Gasteiger charge is 2.13. The molecule has 1 atom stereocenters. The summed E-state index contributed by atoms with van der Waals surface area (Å²) in [5, 5.41) is 22.2. The second-order valence-corrected chi connectivity index (χ2v) is 3.99. The molecule has 1 rings (SSSR count). The van der Waals surface area contributed by atoms with Crippen molar-refractivity contribution in [3.05, 3.63) is 29.3 Å². The van der Waals surface area contributed by atoms with Crippen molar-refractivity contribution in [2.24, 2.45) is 0 Å². The number of aliphatic hydroxyl groups excluding tert-OH is 1. The zero-order valence-corrected chi connectivity index (χ0v) is 10.2. The van der Waals surface area contributed by atoms with Gasteiger partial charge in [0.05, 0.1) is 6.54 Å². The highest BCUT2D eigenvalue weighted by atomic mass is 16.4. The minimum atomic E-state index is -1.60. The molecular formula is C12H16N2O4. The molecule has 18 heavy (non-hydrogen) atoms. The molecule has 0 bridgehead atoms. The molecule has 0 heterocycles. The number of anilines is 1. The monoisotopic (exact) mass is 252 g/mol. The average molecular weight is 252 g/mol. The minimum Gasteiger partial charge on any atom is -0.479 e. The van der Waals surface area contributed by atoms with Crippen LogP contribution < -0.4 is 10.6 Å². The van der Waals surface area contributed by atoms with E-state index in [1.807, 2.05) is 26.0 Å². The van der Waals surface area contributed by atoms with Crippen molar-refractivity contribution in [1.82, 2.24) is 5.32 Å². The molecule has 2 amide bonds. The Morgan fingerprint density at radius 1 is 1.28 bits per heavy atom. The predicted molar refractivity (Wildman–Crippen MR) is 66.6 cm³/mol. The van der Waals surface area contributed by atoms with Crippen molar-refractivity contribution in [3.8, 4) is 0 Å². The molecule has 6 heteroatoms. The van der Waals surface area contributed by atoms with Gasteiger partial charge in [0.15, 0.2) is 6.10 Å². The van der Waals surface area contributed by atoms with Gasteiger partial charge in [-0.15, -0.1) is 0 Å². The van der Waals surface area contributed by atoms with Crippen molar-refractivity contribution in [3.63, 3.8) is 0 Å². The number of benzene rings is 1. The van der Waals surface area contributed by atoms with E-state index >= 15 is 0 Å². The normalized spacial score (nSPS) is 11.7. The Balaban J connectivity index is 2.49. The number of hydrogen-bond acceptors (Lipinski definition) is 3. The van der Waals surface area contributed by atoms with E-state index in [4.69, 9.17) is 10.2 Å². The van der Waals surface area contributed by atoms with Crippen molar-refractivity contribution < 1.29 is 19.8 Å². The number of carboxylic acid groups (broad SMARTS) is 1. The quantitative estimate of drug-likeness (QED) is 0.639. The van der Waals surface area contributed by atoms with E-state index in [9.17, 15) is 9.59 Å². The molecule has 0 saturated heterocycles. The largest absolute Gasteiger partial charge is 0.479 e. The number of carbonyl (C=O) groups is 2. The van der Waals surface area contributed by atoms with Crippen molar-refractivity contribution >= 4 is 17.7 Å². The van der Waals surface area contributed by atoms with Crippen LogP contribution in [0, 0.1) is 13.8 Å². The topological polar surface area (TPSA) is 98.7 Å². The van der Waals surface area contributed by atoms with E-state index in [0.29, 0.717) is 5.69 Å². The Morgan fingerprint density at radius 3 is 2.50 bits per heavy atom. The lowest BCUT2D eigenvalue weighted by molar-refractivity contribution is -0.146. The van der Waals surface area contributed by atoms with Crippen LogP contribution in [0.4, 0.5) is 10.5 Å². The molecule has 1 unspecified atom stereocenters. The Bertz CT molecular complexity index is 459. The molecule has 0 aliphatic rings. The highest BCUT2D eigenvalue weighted by Crippen LogP contribution is 2.13.